The zero-order chi connectivity index (χ0) is 25.1. The Kier molecular flexibility index (Phi) is 7.48. The zero-order valence-electron chi connectivity index (χ0n) is 20.9. The first-order valence-corrected chi connectivity index (χ1v) is 12.9. The van der Waals surface area contributed by atoms with Crippen LogP contribution >= 0.6 is 0 Å². The van der Waals surface area contributed by atoms with Crippen LogP contribution in [0.5, 0.6) is 0 Å². The average Bonchev–Trinajstić information content (AvgIpc) is 3.28. The molecule has 3 aliphatic heterocycles. The van der Waals surface area contributed by atoms with Gasteiger partial charge in [-0.15, -0.1) is 0 Å². The normalized spacial score (nSPS) is 25.4. The van der Waals surface area contributed by atoms with E-state index in [1.165, 1.54) is 12.1 Å². The number of likely N-dealkylation sites (N-methyl/N-ethyl adjacent to an activating group) is 1. The summed E-state index contributed by atoms with van der Waals surface area (Å²) in [6.45, 7) is 4.97. The van der Waals surface area contributed by atoms with Crippen molar-refractivity contribution in [2.75, 3.05) is 51.2 Å². The molecule has 0 spiro atoms. The molecule has 3 saturated heterocycles. The Labute approximate surface area is 212 Å². The highest BCUT2D eigenvalue weighted by Gasteiger charge is 2.45. The van der Waals surface area contributed by atoms with Crippen LogP contribution in [-0.2, 0) is 16.1 Å². The summed E-state index contributed by atoms with van der Waals surface area (Å²) in [7, 11) is 2.08. The van der Waals surface area contributed by atoms with Crippen LogP contribution in [-0.4, -0.2) is 95.9 Å². The van der Waals surface area contributed by atoms with Gasteiger partial charge in [-0.05, 0) is 49.7 Å². The lowest BCUT2D eigenvalue weighted by Gasteiger charge is -2.36. The number of nitrogens with one attached hydrogen (secondary N) is 1. The van der Waals surface area contributed by atoms with Gasteiger partial charge in [0.05, 0.1) is 0 Å². The molecule has 9 heteroatoms. The molecule has 1 aromatic heterocycles. The second kappa shape index (κ2) is 10.9. The van der Waals surface area contributed by atoms with Crippen molar-refractivity contribution in [3.8, 4) is 0 Å². The van der Waals surface area contributed by atoms with Crippen LogP contribution < -0.4 is 10.2 Å². The van der Waals surface area contributed by atoms with Gasteiger partial charge in [0.25, 0.3) is 0 Å². The third-order valence-electron chi connectivity index (χ3n) is 7.95. The van der Waals surface area contributed by atoms with Gasteiger partial charge >= 0.3 is 0 Å². The van der Waals surface area contributed by atoms with Crippen molar-refractivity contribution < 1.29 is 14.0 Å². The fourth-order valence-electron chi connectivity index (χ4n) is 5.82. The lowest BCUT2D eigenvalue weighted by molar-refractivity contribution is -0.132. The van der Waals surface area contributed by atoms with Gasteiger partial charge in [-0.2, -0.15) is 0 Å². The minimum absolute atomic E-state index is 0.0472. The number of anilines is 1. The topological polar surface area (TPSA) is 72.0 Å². The van der Waals surface area contributed by atoms with Crippen LogP contribution in [0.4, 0.5) is 10.2 Å². The predicted molar refractivity (Wildman–Crippen MR) is 136 cm³/mol. The minimum Gasteiger partial charge on any atom is -0.353 e. The molecular formula is C27H35FN6O2. The monoisotopic (exact) mass is 494 g/mol. The summed E-state index contributed by atoms with van der Waals surface area (Å²) >= 11 is 0. The van der Waals surface area contributed by atoms with Crippen LogP contribution in [0.1, 0.15) is 24.8 Å². The van der Waals surface area contributed by atoms with Crippen molar-refractivity contribution in [3.63, 3.8) is 0 Å². The van der Waals surface area contributed by atoms with Crippen molar-refractivity contribution in [3.05, 3.63) is 60.0 Å². The number of fused-ring (bicyclic) bond motifs is 1. The van der Waals surface area contributed by atoms with Crippen LogP contribution in [0.2, 0.25) is 0 Å². The molecule has 3 atom stereocenters. The van der Waals surface area contributed by atoms with Gasteiger partial charge in [0, 0.05) is 70.5 Å². The lowest BCUT2D eigenvalue weighted by Crippen LogP contribution is -2.50. The maximum Gasteiger partial charge on any atom is 0.239 e. The number of likely N-dealkylation sites (tertiary alicyclic amines) is 1. The van der Waals surface area contributed by atoms with Gasteiger partial charge in [-0.1, -0.05) is 18.2 Å². The molecule has 36 heavy (non-hydrogen) atoms. The van der Waals surface area contributed by atoms with Crippen molar-refractivity contribution in [1.82, 2.24) is 25.0 Å². The van der Waals surface area contributed by atoms with E-state index in [1.54, 1.807) is 18.3 Å². The first-order valence-electron chi connectivity index (χ1n) is 12.9. The summed E-state index contributed by atoms with van der Waals surface area (Å²) in [5.74, 6) is 0.934. The lowest BCUT2D eigenvalue weighted by atomic mass is 10.0. The van der Waals surface area contributed by atoms with E-state index in [4.69, 9.17) is 0 Å². The standard InChI is InChI=1S/C27H35FN6O2/c1-31-22(9-10-25(35)33-16-14-32(15-17-33)24-4-2-3-12-29-24)18-30-27(36)26-23(31)11-13-34(26)19-20-5-7-21(28)8-6-20/h2-8,12,22-23,26H,9-11,13-19H2,1H3,(H,30,36)/t22-,23+,26-/m0/s1. The molecule has 1 N–H and O–H groups in total. The second-order valence-corrected chi connectivity index (χ2v) is 10.1. The third kappa shape index (κ3) is 5.37. The van der Waals surface area contributed by atoms with Crippen molar-refractivity contribution in [1.29, 1.82) is 0 Å². The first-order chi connectivity index (χ1) is 17.5. The predicted octanol–water partition coefficient (Wildman–Crippen LogP) is 1.72. The van der Waals surface area contributed by atoms with Crippen LogP contribution in [0.15, 0.2) is 48.7 Å². The molecule has 3 fully saturated rings. The van der Waals surface area contributed by atoms with Gasteiger partial charge in [-0.3, -0.25) is 19.4 Å². The van der Waals surface area contributed by atoms with Crippen molar-refractivity contribution in [2.45, 2.75) is 43.9 Å². The van der Waals surface area contributed by atoms with E-state index < -0.39 is 0 Å². The Balaban J connectivity index is 1.14. The number of hydrogen-bond donors (Lipinski definition) is 1. The molecule has 8 nitrogen and oxygen atoms in total. The zero-order valence-corrected chi connectivity index (χ0v) is 20.9. The van der Waals surface area contributed by atoms with Gasteiger partial charge in [0.15, 0.2) is 0 Å². The highest BCUT2D eigenvalue weighted by atomic mass is 19.1. The van der Waals surface area contributed by atoms with E-state index >= 15 is 0 Å². The third-order valence-corrected chi connectivity index (χ3v) is 7.95. The van der Waals surface area contributed by atoms with E-state index in [1.807, 2.05) is 23.1 Å². The highest BCUT2D eigenvalue weighted by Crippen LogP contribution is 2.29. The summed E-state index contributed by atoms with van der Waals surface area (Å²) in [5.41, 5.74) is 1.00. The summed E-state index contributed by atoms with van der Waals surface area (Å²) < 4.78 is 13.3. The fraction of sp³-hybridized carbons (Fsp3) is 0.519. The number of rotatable bonds is 6. The van der Waals surface area contributed by atoms with E-state index in [2.05, 4.69) is 32.0 Å². The molecule has 0 saturated carbocycles. The van der Waals surface area contributed by atoms with Gasteiger partial charge < -0.3 is 15.1 Å². The molecule has 5 rings (SSSR count). The molecule has 2 amide bonds. The molecule has 2 aromatic rings. The van der Waals surface area contributed by atoms with Gasteiger partial charge in [0.1, 0.15) is 17.7 Å². The number of carbonyl (C=O) groups excluding carboxylic acids is 2. The van der Waals surface area contributed by atoms with Crippen molar-refractivity contribution in [2.24, 2.45) is 0 Å². The quantitative estimate of drug-likeness (QED) is 0.660. The van der Waals surface area contributed by atoms with E-state index in [0.717, 1.165) is 43.9 Å². The van der Waals surface area contributed by atoms with E-state index in [0.29, 0.717) is 32.6 Å². The molecule has 0 radical (unpaired) electrons. The van der Waals surface area contributed by atoms with Crippen LogP contribution in [0, 0.1) is 5.82 Å². The number of amides is 2. The number of nitrogens with zero attached hydrogens (tertiary/aromatic N) is 5. The number of piperazine rings is 1. The van der Waals surface area contributed by atoms with Gasteiger partial charge in [0.2, 0.25) is 11.8 Å². The number of halogens is 1. The van der Waals surface area contributed by atoms with E-state index in [9.17, 15) is 14.0 Å². The summed E-state index contributed by atoms with van der Waals surface area (Å²) in [4.78, 5) is 39.1. The molecule has 0 aliphatic carbocycles. The first kappa shape index (κ1) is 24.6. The Bertz CT molecular complexity index is 1040. The number of hydrogen-bond acceptors (Lipinski definition) is 6. The largest absolute Gasteiger partial charge is 0.353 e. The molecular weight excluding hydrogens is 459 g/mol. The summed E-state index contributed by atoms with van der Waals surface area (Å²) in [6.07, 6.45) is 3.89. The van der Waals surface area contributed by atoms with Gasteiger partial charge in [-0.25, -0.2) is 9.37 Å². The second-order valence-electron chi connectivity index (χ2n) is 10.1. The minimum atomic E-state index is -0.252. The van der Waals surface area contributed by atoms with E-state index in [-0.39, 0.29) is 35.8 Å². The molecule has 0 bridgehead atoms. The number of pyridine rings is 1. The highest BCUT2D eigenvalue weighted by molar-refractivity contribution is 5.83. The Morgan fingerprint density at radius 2 is 1.86 bits per heavy atom. The number of benzene rings is 1. The molecule has 4 heterocycles. The Morgan fingerprint density at radius 1 is 1.08 bits per heavy atom. The SMILES string of the molecule is CN1[C@@H](CCC(=O)N2CCN(c3ccccn3)CC2)CNC(=O)[C@@H]2[C@H]1CCN2Cc1ccc(F)cc1. The van der Waals surface area contributed by atoms with Crippen LogP contribution in [0.3, 0.4) is 0 Å². The average molecular weight is 495 g/mol. The summed E-state index contributed by atoms with van der Waals surface area (Å²) in [5, 5.41) is 3.13. The number of aromatic nitrogens is 1. The molecule has 192 valence electrons. The smallest absolute Gasteiger partial charge is 0.239 e. The Hall–Kier alpha value is -3.04. The van der Waals surface area contributed by atoms with Crippen molar-refractivity contribution >= 4 is 17.6 Å². The number of carbonyl (C=O) groups is 2. The van der Waals surface area contributed by atoms with Crippen LogP contribution in [0.25, 0.3) is 0 Å². The Morgan fingerprint density at radius 3 is 2.58 bits per heavy atom. The fourth-order valence-corrected chi connectivity index (χ4v) is 5.82. The molecule has 1 aromatic carbocycles. The maximum absolute atomic E-state index is 13.3. The molecule has 0 unspecified atom stereocenters. The summed E-state index contributed by atoms with van der Waals surface area (Å²) in [6, 6.07) is 12.4. The molecule has 3 aliphatic rings. The maximum atomic E-state index is 13.3.